The van der Waals surface area contributed by atoms with Crippen molar-refractivity contribution in [3.8, 4) is 11.1 Å². The van der Waals surface area contributed by atoms with E-state index < -0.39 is 10.0 Å². The SMILES string of the molecule is C=Nc1cc(F)ccc1/C(=C\C)N1CCN(C(=O)C2CCCN(S(=O)(=O)c3cccc(-c4cccnc4)c3)C2)CC1. The van der Waals surface area contributed by atoms with Crippen LogP contribution in [0.5, 0.6) is 0 Å². The van der Waals surface area contributed by atoms with Crippen LogP contribution in [0, 0.1) is 11.7 Å². The number of hydrogen-bond donors (Lipinski definition) is 0. The summed E-state index contributed by atoms with van der Waals surface area (Å²) in [6.07, 6.45) is 6.63. The van der Waals surface area contributed by atoms with E-state index in [4.69, 9.17) is 0 Å². The molecular weight excluding hydrogens is 541 g/mol. The molecule has 1 aromatic heterocycles. The van der Waals surface area contributed by atoms with Crippen molar-refractivity contribution in [2.45, 2.75) is 24.7 Å². The van der Waals surface area contributed by atoms with Gasteiger partial charge < -0.3 is 9.80 Å². The van der Waals surface area contributed by atoms with Crippen molar-refractivity contribution >= 4 is 34.0 Å². The first-order valence-electron chi connectivity index (χ1n) is 13.8. The van der Waals surface area contributed by atoms with Gasteiger partial charge in [-0.05, 0) is 62.4 Å². The molecule has 8 nitrogen and oxygen atoms in total. The second-order valence-electron chi connectivity index (χ2n) is 10.3. The van der Waals surface area contributed by atoms with Gasteiger partial charge in [-0.1, -0.05) is 24.3 Å². The zero-order valence-corrected chi connectivity index (χ0v) is 23.9. The van der Waals surface area contributed by atoms with Crippen LogP contribution in [0.4, 0.5) is 10.1 Å². The summed E-state index contributed by atoms with van der Waals surface area (Å²) < 4.78 is 42.4. The summed E-state index contributed by atoms with van der Waals surface area (Å²) in [5, 5.41) is 0. The Bertz CT molecular complexity index is 1550. The fourth-order valence-corrected chi connectivity index (χ4v) is 7.24. The monoisotopic (exact) mass is 575 g/mol. The summed E-state index contributed by atoms with van der Waals surface area (Å²) >= 11 is 0. The third-order valence-corrected chi connectivity index (χ3v) is 9.67. The Hall–Kier alpha value is -3.89. The van der Waals surface area contributed by atoms with Crippen LogP contribution in [0.1, 0.15) is 25.3 Å². The van der Waals surface area contributed by atoms with E-state index in [1.165, 1.54) is 16.4 Å². The maximum Gasteiger partial charge on any atom is 0.243 e. The fourth-order valence-electron chi connectivity index (χ4n) is 5.67. The van der Waals surface area contributed by atoms with E-state index in [0.717, 1.165) is 22.4 Å². The molecule has 2 aliphatic rings. The fraction of sp³-hybridized carbons (Fsp3) is 0.323. The number of amides is 1. The molecule has 2 fully saturated rings. The summed E-state index contributed by atoms with van der Waals surface area (Å²) in [5.41, 5.74) is 3.81. The Morgan fingerprint density at radius 1 is 1.02 bits per heavy atom. The highest BCUT2D eigenvalue weighted by Gasteiger charge is 2.36. The molecule has 3 heterocycles. The van der Waals surface area contributed by atoms with E-state index >= 15 is 0 Å². The normalized spacial score (nSPS) is 18.8. The second-order valence-corrected chi connectivity index (χ2v) is 12.2. The highest BCUT2D eigenvalue weighted by atomic mass is 32.2. The van der Waals surface area contributed by atoms with Crippen molar-refractivity contribution in [2.24, 2.45) is 10.9 Å². The molecule has 3 aromatic rings. The molecule has 0 radical (unpaired) electrons. The maximum atomic E-state index is 13.7. The maximum absolute atomic E-state index is 13.7. The van der Waals surface area contributed by atoms with Crippen LogP contribution in [0.2, 0.25) is 0 Å². The number of nitrogens with zero attached hydrogens (tertiary/aromatic N) is 5. The summed E-state index contributed by atoms with van der Waals surface area (Å²) in [4.78, 5) is 25.9. The third kappa shape index (κ3) is 6.08. The molecule has 214 valence electrons. The summed E-state index contributed by atoms with van der Waals surface area (Å²) in [7, 11) is -3.77. The van der Waals surface area contributed by atoms with Gasteiger partial charge in [-0.3, -0.25) is 14.8 Å². The van der Waals surface area contributed by atoms with E-state index in [-0.39, 0.29) is 29.1 Å². The Labute approximate surface area is 240 Å². The van der Waals surface area contributed by atoms with E-state index in [2.05, 4.69) is 21.6 Å². The van der Waals surface area contributed by atoms with Crippen molar-refractivity contribution in [1.29, 1.82) is 0 Å². The highest BCUT2D eigenvalue weighted by molar-refractivity contribution is 7.89. The van der Waals surface area contributed by atoms with Gasteiger partial charge in [0.1, 0.15) is 5.82 Å². The molecule has 0 saturated carbocycles. The first-order valence-corrected chi connectivity index (χ1v) is 15.2. The predicted molar refractivity (Wildman–Crippen MR) is 159 cm³/mol. The number of piperidine rings is 1. The molecule has 41 heavy (non-hydrogen) atoms. The molecule has 1 atom stereocenters. The first kappa shape index (κ1) is 28.6. The molecule has 2 saturated heterocycles. The molecule has 0 N–H and O–H groups in total. The molecule has 0 aliphatic carbocycles. The number of piperazine rings is 1. The minimum atomic E-state index is -3.77. The molecule has 10 heteroatoms. The Balaban J connectivity index is 1.24. The number of carbonyl (C=O) groups excluding carboxylic acids is 1. The van der Waals surface area contributed by atoms with E-state index in [1.807, 2.05) is 36.1 Å². The van der Waals surface area contributed by atoms with Crippen LogP contribution >= 0.6 is 0 Å². The number of benzene rings is 2. The van der Waals surface area contributed by atoms with Gasteiger partial charge >= 0.3 is 0 Å². The molecule has 0 spiro atoms. The van der Waals surface area contributed by atoms with Crippen LogP contribution in [0.25, 0.3) is 16.8 Å². The van der Waals surface area contributed by atoms with Gasteiger partial charge in [0.2, 0.25) is 15.9 Å². The lowest BCUT2D eigenvalue weighted by Gasteiger charge is -2.40. The van der Waals surface area contributed by atoms with E-state index in [0.29, 0.717) is 51.3 Å². The number of hydrogen-bond acceptors (Lipinski definition) is 6. The van der Waals surface area contributed by atoms with Gasteiger partial charge in [-0.2, -0.15) is 4.31 Å². The molecule has 2 aliphatic heterocycles. The van der Waals surface area contributed by atoms with Gasteiger partial charge in [0.05, 0.1) is 16.5 Å². The topological polar surface area (TPSA) is 86.2 Å². The second kappa shape index (κ2) is 12.3. The summed E-state index contributed by atoms with van der Waals surface area (Å²) in [5.74, 6) is -0.765. The average molecular weight is 576 g/mol. The van der Waals surface area contributed by atoms with Crippen LogP contribution in [0.3, 0.4) is 0 Å². The highest BCUT2D eigenvalue weighted by Crippen LogP contribution is 2.31. The van der Waals surface area contributed by atoms with Crippen molar-refractivity contribution in [2.75, 3.05) is 39.3 Å². The smallest absolute Gasteiger partial charge is 0.243 e. The van der Waals surface area contributed by atoms with Crippen LogP contribution in [-0.4, -0.2) is 79.4 Å². The zero-order chi connectivity index (χ0) is 29.0. The molecular formula is C31H34FN5O3S. The molecule has 5 rings (SSSR count). The quantitative estimate of drug-likeness (QED) is 0.377. The van der Waals surface area contributed by atoms with Crippen molar-refractivity contribution in [3.63, 3.8) is 0 Å². The first-order chi connectivity index (χ1) is 19.8. The van der Waals surface area contributed by atoms with Gasteiger partial charge in [-0.25, -0.2) is 12.8 Å². The molecule has 0 bridgehead atoms. The predicted octanol–water partition coefficient (Wildman–Crippen LogP) is 4.83. The molecule has 1 unspecified atom stereocenters. The Morgan fingerprint density at radius 3 is 2.49 bits per heavy atom. The largest absolute Gasteiger partial charge is 0.368 e. The number of aromatic nitrogens is 1. The van der Waals surface area contributed by atoms with Gasteiger partial charge in [0.25, 0.3) is 0 Å². The van der Waals surface area contributed by atoms with Crippen molar-refractivity contribution < 1.29 is 17.6 Å². The number of rotatable bonds is 7. The van der Waals surface area contributed by atoms with Crippen LogP contribution in [0.15, 0.2) is 83.0 Å². The minimum absolute atomic E-state index is 0.00841. The van der Waals surface area contributed by atoms with Gasteiger partial charge in [0, 0.05) is 74.6 Å². The van der Waals surface area contributed by atoms with Gasteiger partial charge in [0.15, 0.2) is 0 Å². The van der Waals surface area contributed by atoms with Crippen LogP contribution < -0.4 is 0 Å². The number of aliphatic imine (C=N–C) groups is 1. The third-order valence-electron chi connectivity index (χ3n) is 7.81. The number of sulfonamides is 1. The lowest BCUT2D eigenvalue weighted by Crippen LogP contribution is -2.52. The number of pyridine rings is 1. The number of allylic oxidation sites excluding steroid dienone is 1. The standard InChI is InChI=1S/C31H34FN5O3S/c1-3-30(28-12-11-26(32)20-29(28)33-2)35-15-17-36(18-16-35)31(38)25-9-6-14-37(22-25)41(39,40)27-10-4-7-23(19-27)24-8-5-13-34-21-24/h3-5,7-8,10-13,19-21,25H,2,6,9,14-18,22H2,1H3/b30-3+. The Kier molecular flexibility index (Phi) is 8.60. The Morgan fingerprint density at radius 2 is 1.78 bits per heavy atom. The zero-order valence-electron chi connectivity index (χ0n) is 23.1. The van der Waals surface area contributed by atoms with E-state index in [1.54, 1.807) is 36.7 Å². The number of halogens is 1. The van der Waals surface area contributed by atoms with Crippen molar-refractivity contribution in [1.82, 2.24) is 19.1 Å². The van der Waals surface area contributed by atoms with Crippen LogP contribution in [-0.2, 0) is 14.8 Å². The lowest BCUT2D eigenvalue weighted by atomic mass is 9.97. The molecule has 1 amide bonds. The minimum Gasteiger partial charge on any atom is -0.368 e. The number of carbonyl (C=O) groups is 1. The lowest BCUT2D eigenvalue weighted by molar-refractivity contribution is -0.138. The average Bonchev–Trinajstić information content (AvgIpc) is 3.02. The van der Waals surface area contributed by atoms with Crippen molar-refractivity contribution in [3.05, 3.63) is 84.4 Å². The summed E-state index contributed by atoms with van der Waals surface area (Å²) in [6.45, 7) is 8.31. The van der Waals surface area contributed by atoms with E-state index in [9.17, 15) is 17.6 Å². The summed E-state index contributed by atoms with van der Waals surface area (Å²) in [6, 6.07) is 15.1. The molecule has 2 aromatic carbocycles. The van der Waals surface area contributed by atoms with Gasteiger partial charge in [-0.15, -0.1) is 0 Å².